The number of unbranched alkanes of at least 4 members (excludes halogenated alkanes) is 24. The number of benzene rings is 2. The van der Waals surface area contributed by atoms with E-state index in [1.165, 1.54) is 178 Å². The van der Waals surface area contributed by atoms with Gasteiger partial charge in [0.05, 0.1) is 52.9 Å². The Bertz CT molecular complexity index is 1240. The predicted molar refractivity (Wildman–Crippen MR) is 269 cm³/mol. The number of hydrogen-bond donors (Lipinski definition) is 2. The average molecular weight is 895 g/mol. The maximum Gasteiger partial charge on any atom is 0.120 e. The molecule has 0 spiro atoms. The molecule has 8 heteroatoms. The minimum absolute atomic E-state index is 0.386. The lowest BCUT2D eigenvalue weighted by molar-refractivity contribution is 0.00611. The van der Waals surface area contributed by atoms with E-state index in [0.717, 1.165) is 50.1 Å². The highest BCUT2D eigenvalue weighted by molar-refractivity contribution is 5.37. The third-order valence-electron chi connectivity index (χ3n) is 13.2. The summed E-state index contributed by atoms with van der Waals surface area (Å²) in [4.78, 5) is 4.59. The molecule has 0 aromatic heterocycles. The van der Waals surface area contributed by atoms with Gasteiger partial charge in [0.15, 0.2) is 0 Å². The van der Waals surface area contributed by atoms with Gasteiger partial charge in [0.25, 0.3) is 0 Å². The van der Waals surface area contributed by atoms with Gasteiger partial charge in [-0.05, 0) is 48.9 Å². The molecule has 0 unspecified atom stereocenters. The van der Waals surface area contributed by atoms with Gasteiger partial charge >= 0.3 is 0 Å². The molecule has 0 aliphatic carbocycles. The Morgan fingerprint density at radius 3 is 0.891 bits per heavy atom. The van der Waals surface area contributed by atoms with Crippen LogP contribution in [0, 0.1) is 0 Å². The molecule has 3 rings (SSSR count). The highest BCUT2D eigenvalue weighted by atomic mass is 16.5. The van der Waals surface area contributed by atoms with Crippen LogP contribution in [0.4, 0.5) is 0 Å². The van der Waals surface area contributed by atoms with Crippen molar-refractivity contribution in [1.82, 2.24) is 9.80 Å². The maximum absolute atomic E-state index is 11.0. The van der Waals surface area contributed by atoms with Crippen molar-refractivity contribution in [3.05, 3.63) is 58.7 Å². The predicted octanol–water partition coefficient (Wildman–Crippen LogP) is 13.7. The molecule has 1 aliphatic rings. The summed E-state index contributed by atoms with van der Waals surface area (Å²) in [6, 6.07) is 12.5. The number of rotatable bonds is 32. The highest BCUT2D eigenvalue weighted by Gasteiger charge is 2.13. The lowest BCUT2D eigenvalue weighted by Crippen LogP contribution is -2.32. The fourth-order valence-corrected chi connectivity index (χ4v) is 8.93. The van der Waals surface area contributed by atoms with Crippen molar-refractivity contribution in [3.8, 4) is 11.5 Å². The number of aryl methyl sites for hydroxylation is 2. The first kappa shape index (κ1) is 56.1. The second kappa shape index (κ2) is 39.9. The van der Waals surface area contributed by atoms with Gasteiger partial charge in [-0.15, -0.1) is 0 Å². The smallest absolute Gasteiger partial charge is 0.120 e. The van der Waals surface area contributed by atoms with Crippen LogP contribution in [-0.4, -0.2) is 99.0 Å². The first-order valence-corrected chi connectivity index (χ1v) is 27.0. The summed E-state index contributed by atoms with van der Waals surface area (Å²) in [5.41, 5.74) is 4.34. The maximum atomic E-state index is 11.0. The van der Waals surface area contributed by atoms with Gasteiger partial charge in [0.2, 0.25) is 0 Å². The fraction of sp³-hybridized carbons (Fsp3) is 0.786. The minimum atomic E-state index is 0.386. The molecule has 0 amide bonds. The molecule has 0 saturated carbocycles. The van der Waals surface area contributed by atoms with Gasteiger partial charge in [-0.25, -0.2) is 0 Å². The zero-order chi connectivity index (χ0) is 45.4. The molecule has 8 nitrogen and oxygen atoms in total. The van der Waals surface area contributed by atoms with Crippen LogP contribution in [0.2, 0.25) is 0 Å². The average Bonchev–Trinajstić information content (AvgIpc) is 3.29. The molecule has 1 heterocycles. The lowest BCUT2D eigenvalue weighted by atomic mass is 10.0. The van der Waals surface area contributed by atoms with Gasteiger partial charge in [0, 0.05) is 50.4 Å². The third kappa shape index (κ3) is 29.4. The molecule has 1 saturated heterocycles. The first-order chi connectivity index (χ1) is 31.6. The number of aromatic hydroxyl groups is 2. The number of hydrogen-bond acceptors (Lipinski definition) is 8. The van der Waals surface area contributed by atoms with Crippen LogP contribution in [0.1, 0.15) is 203 Å². The summed E-state index contributed by atoms with van der Waals surface area (Å²) in [7, 11) is 0. The van der Waals surface area contributed by atoms with Crippen LogP contribution in [0.15, 0.2) is 36.4 Å². The quantitative estimate of drug-likeness (QED) is 0.0703. The van der Waals surface area contributed by atoms with E-state index in [1.807, 2.05) is 12.1 Å². The standard InChI is InChI=1S/C56H98N2O6/c1-3-5-7-9-11-13-15-17-19-21-23-25-27-29-51-31-33-53(55(59)47-51)49-57-35-39-61-43-45-63-41-37-58(38-42-64-46-44-62-40-36-57)50-54-34-32-52(48-56(54)60)30-28-26-24-22-20-18-16-14-12-10-8-6-4-2/h31-34,47-48,59-60H,3-30,35-46,49-50H2,1-2H3. The second-order valence-electron chi connectivity index (χ2n) is 18.9. The van der Waals surface area contributed by atoms with Crippen molar-refractivity contribution in [1.29, 1.82) is 0 Å². The van der Waals surface area contributed by atoms with E-state index in [0.29, 0.717) is 77.4 Å². The Labute approximate surface area is 393 Å². The molecule has 2 aromatic carbocycles. The molecule has 1 aliphatic heterocycles. The van der Waals surface area contributed by atoms with E-state index in [1.54, 1.807) is 0 Å². The normalized spacial score (nSPS) is 15.9. The van der Waals surface area contributed by atoms with Crippen molar-refractivity contribution in [2.75, 3.05) is 79.0 Å². The Morgan fingerprint density at radius 2 is 0.625 bits per heavy atom. The van der Waals surface area contributed by atoms with Crippen LogP contribution < -0.4 is 0 Å². The molecule has 2 aromatic rings. The van der Waals surface area contributed by atoms with Gasteiger partial charge in [0.1, 0.15) is 11.5 Å². The summed E-state index contributed by atoms with van der Waals surface area (Å²) in [5, 5.41) is 22.0. The summed E-state index contributed by atoms with van der Waals surface area (Å²) < 4.78 is 24.0. The number of phenolic OH excluding ortho intramolecular Hbond substituents is 2. The first-order valence-electron chi connectivity index (χ1n) is 27.0. The van der Waals surface area contributed by atoms with E-state index < -0.39 is 0 Å². The lowest BCUT2D eigenvalue weighted by Gasteiger charge is -2.24. The molecule has 1 fully saturated rings. The highest BCUT2D eigenvalue weighted by Crippen LogP contribution is 2.24. The largest absolute Gasteiger partial charge is 0.508 e. The van der Waals surface area contributed by atoms with Crippen LogP contribution >= 0.6 is 0 Å². The van der Waals surface area contributed by atoms with Gasteiger partial charge in [-0.1, -0.05) is 192 Å². The number of nitrogens with zero attached hydrogens (tertiary/aromatic N) is 2. The molecule has 0 radical (unpaired) electrons. The van der Waals surface area contributed by atoms with E-state index in [9.17, 15) is 10.2 Å². The number of ether oxygens (including phenoxy) is 4. The van der Waals surface area contributed by atoms with Crippen LogP contribution in [0.5, 0.6) is 11.5 Å². The van der Waals surface area contributed by atoms with E-state index in [-0.39, 0.29) is 0 Å². The van der Waals surface area contributed by atoms with Gasteiger partial charge < -0.3 is 29.2 Å². The van der Waals surface area contributed by atoms with E-state index in [4.69, 9.17) is 18.9 Å². The topological polar surface area (TPSA) is 83.9 Å². The minimum Gasteiger partial charge on any atom is -0.508 e. The zero-order valence-corrected chi connectivity index (χ0v) is 41.6. The molecule has 368 valence electrons. The summed E-state index contributed by atoms with van der Waals surface area (Å²) in [6.45, 7) is 13.4. The Morgan fingerprint density at radius 1 is 0.359 bits per heavy atom. The molecule has 0 atom stereocenters. The van der Waals surface area contributed by atoms with Crippen LogP contribution in [-0.2, 0) is 44.9 Å². The molecule has 2 N–H and O–H groups in total. The van der Waals surface area contributed by atoms with Gasteiger partial charge in [-0.2, -0.15) is 0 Å². The molecule has 0 bridgehead atoms. The Kier molecular flexibility index (Phi) is 35.0. The van der Waals surface area contributed by atoms with Gasteiger partial charge in [-0.3, -0.25) is 9.80 Å². The summed E-state index contributed by atoms with van der Waals surface area (Å²) in [6.07, 6.45) is 37.4. The fourth-order valence-electron chi connectivity index (χ4n) is 8.93. The van der Waals surface area contributed by atoms with Crippen molar-refractivity contribution in [2.24, 2.45) is 0 Å². The van der Waals surface area contributed by atoms with E-state index >= 15 is 0 Å². The van der Waals surface area contributed by atoms with Crippen molar-refractivity contribution in [2.45, 2.75) is 207 Å². The molecule has 64 heavy (non-hydrogen) atoms. The third-order valence-corrected chi connectivity index (χ3v) is 13.2. The Hall–Kier alpha value is -2.20. The second-order valence-corrected chi connectivity index (χ2v) is 18.9. The monoisotopic (exact) mass is 895 g/mol. The van der Waals surface area contributed by atoms with Crippen molar-refractivity contribution in [3.63, 3.8) is 0 Å². The van der Waals surface area contributed by atoms with Crippen LogP contribution in [0.25, 0.3) is 0 Å². The SMILES string of the molecule is CCCCCCCCCCCCCCCc1ccc(CN2CCOCCOCCN(Cc3ccc(CCCCCCCCCCCCCCC)cc3O)CCOCCOCC2)c(O)c1. The van der Waals surface area contributed by atoms with Crippen LogP contribution in [0.3, 0.4) is 0 Å². The summed E-state index contributed by atoms with van der Waals surface area (Å²) >= 11 is 0. The zero-order valence-electron chi connectivity index (χ0n) is 41.6. The molecular formula is C56H98N2O6. The van der Waals surface area contributed by atoms with Crippen molar-refractivity contribution >= 4 is 0 Å². The van der Waals surface area contributed by atoms with Crippen molar-refractivity contribution < 1.29 is 29.2 Å². The summed E-state index contributed by atoms with van der Waals surface area (Å²) in [5.74, 6) is 0.772. The van der Waals surface area contributed by atoms with E-state index in [2.05, 4.69) is 47.9 Å². The Balaban J connectivity index is 1.29. The molecular weight excluding hydrogens is 797 g/mol. The number of phenols is 2.